The summed E-state index contributed by atoms with van der Waals surface area (Å²) in [5.41, 5.74) is 11.7. The molecule has 9 rings (SSSR count). The van der Waals surface area contributed by atoms with Gasteiger partial charge in [-0.05, 0) is 102 Å². The molecule has 0 unspecified atom stereocenters. The summed E-state index contributed by atoms with van der Waals surface area (Å²) in [6, 6.07) is 57.9. The third kappa shape index (κ3) is 4.70. The minimum Gasteiger partial charge on any atom is -0.292 e. The summed E-state index contributed by atoms with van der Waals surface area (Å²) in [6.07, 6.45) is 0. The number of imidazole rings is 2. The number of aryl methyl sites for hydroxylation is 1. The highest BCUT2D eigenvalue weighted by Crippen LogP contribution is 2.38. The van der Waals surface area contributed by atoms with E-state index in [0.29, 0.717) is 0 Å². The van der Waals surface area contributed by atoms with E-state index < -0.39 is 0 Å². The van der Waals surface area contributed by atoms with E-state index in [9.17, 15) is 0 Å². The fourth-order valence-electron chi connectivity index (χ4n) is 6.71. The van der Waals surface area contributed by atoms with Gasteiger partial charge in [0.1, 0.15) is 11.6 Å². The molecule has 0 N–H and O–H groups in total. The van der Waals surface area contributed by atoms with Gasteiger partial charge < -0.3 is 0 Å². The Labute approximate surface area is 272 Å². The largest absolute Gasteiger partial charge is 0.292 e. The first-order chi connectivity index (χ1) is 23.2. The molecule has 0 amide bonds. The topological polar surface area (TPSA) is 35.6 Å². The van der Waals surface area contributed by atoms with Gasteiger partial charge in [-0.3, -0.25) is 9.13 Å². The van der Waals surface area contributed by atoms with E-state index in [2.05, 4.69) is 180 Å². The SMILES string of the molecule is Cc1ccc2cc(-c3cc(-c4nc5ccccc5n4-c4ccccc4)cc(-c4nc5ccccc5n4-c4ccccc4)c3)ccc2c1. The number of hydrogen-bond donors (Lipinski definition) is 0. The van der Waals surface area contributed by atoms with Crippen molar-refractivity contribution in [2.75, 3.05) is 0 Å². The lowest BCUT2D eigenvalue weighted by atomic mass is 9.96. The van der Waals surface area contributed by atoms with Crippen LogP contribution in [0.5, 0.6) is 0 Å². The summed E-state index contributed by atoms with van der Waals surface area (Å²) in [6.45, 7) is 2.14. The van der Waals surface area contributed by atoms with Crippen molar-refractivity contribution >= 4 is 32.8 Å². The minimum absolute atomic E-state index is 0.888. The predicted molar refractivity (Wildman–Crippen MR) is 194 cm³/mol. The van der Waals surface area contributed by atoms with E-state index in [1.54, 1.807) is 0 Å². The molecule has 0 saturated carbocycles. The number of para-hydroxylation sites is 6. The first-order valence-electron chi connectivity index (χ1n) is 15.9. The summed E-state index contributed by atoms with van der Waals surface area (Å²) in [7, 11) is 0. The van der Waals surface area contributed by atoms with Gasteiger partial charge in [-0.25, -0.2) is 9.97 Å². The Bertz CT molecular complexity index is 2440. The molecule has 9 aromatic rings. The number of aromatic nitrogens is 4. The second-order valence-corrected chi connectivity index (χ2v) is 12.1. The van der Waals surface area contributed by atoms with Crippen LogP contribution in [0.1, 0.15) is 5.56 Å². The molecule has 0 aliphatic rings. The highest BCUT2D eigenvalue weighted by Gasteiger charge is 2.20. The summed E-state index contributed by atoms with van der Waals surface area (Å²) in [5.74, 6) is 1.78. The Morgan fingerprint density at radius 3 is 1.43 bits per heavy atom. The molecule has 4 heteroatoms. The molecule has 47 heavy (non-hydrogen) atoms. The molecule has 4 nitrogen and oxygen atoms in total. The number of nitrogens with zero attached hydrogens (tertiary/aromatic N) is 4. The van der Waals surface area contributed by atoms with Crippen LogP contribution in [0.15, 0.2) is 164 Å². The van der Waals surface area contributed by atoms with Crippen LogP contribution < -0.4 is 0 Å². The molecule has 0 atom stereocenters. The number of benzene rings is 7. The number of rotatable bonds is 5. The van der Waals surface area contributed by atoms with Gasteiger partial charge in [0, 0.05) is 22.5 Å². The lowest BCUT2D eigenvalue weighted by molar-refractivity contribution is 1.09. The normalized spacial score (nSPS) is 11.5. The molecule has 0 bridgehead atoms. The quantitative estimate of drug-likeness (QED) is 0.196. The summed E-state index contributed by atoms with van der Waals surface area (Å²) >= 11 is 0. The Balaban J connectivity index is 1.35. The standard InChI is InChI=1S/C43H30N4/c1-29-20-21-31-25-32(23-22-30(31)24-29)33-26-34(42-44-38-16-8-10-18-40(38)46(42)36-12-4-2-5-13-36)28-35(27-33)43-45-39-17-9-11-19-41(39)47(43)37-14-6-3-7-15-37/h2-28H,1H3. The van der Waals surface area contributed by atoms with Crippen LogP contribution in [0.25, 0.3) is 78.1 Å². The van der Waals surface area contributed by atoms with Crippen molar-refractivity contribution in [3.63, 3.8) is 0 Å². The summed E-state index contributed by atoms with van der Waals surface area (Å²) < 4.78 is 4.53. The zero-order chi connectivity index (χ0) is 31.3. The number of fused-ring (bicyclic) bond motifs is 3. The monoisotopic (exact) mass is 602 g/mol. The first-order valence-corrected chi connectivity index (χ1v) is 15.9. The third-order valence-corrected chi connectivity index (χ3v) is 8.93. The van der Waals surface area contributed by atoms with Crippen LogP contribution in [0, 0.1) is 6.92 Å². The van der Waals surface area contributed by atoms with Crippen molar-refractivity contribution in [1.29, 1.82) is 0 Å². The predicted octanol–water partition coefficient (Wildman–Crippen LogP) is 10.8. The zero-order valence-electron chi connectivity index (χ0n) is 25.9. The molecule has 2 aromatic heterocycles. The van der Waals surface area contributed by atoms with Crippen LogP contribution in [0.2, 0.25) is 0 Å². The average Bonchev–Trinajstić information content (AvgIpc) is 3.72. The van der Waals surface area contributed by atoms with Crippen molar-refractivity contribution in [3.8, 4) is 45.3 Å². The maximum atomic E-state index is 5.25. The molecular formula is C43H30N4. The highest BCUT2D eigenvalue weighted by molar-refractivity contribution is 5.91. The fourth-order valence-corrected chi connectivity index (χ4v) is 6.71. The van der Waals surface area contributed by atoms with Crippen molar-refractivity contribution in [2.45, 2.75) is 6.92 Å². The molecular weight excluding hydrogens is 573 g/mol. The summed E-state index contributed by atoms with van der Waals surface area (Å²) in [5, 5.41) is 2.45. The lowest BCUT2D eigenvalue weighted by Gasteiger charge is -2.15. The smallest absolute Gasteiger partial charge is 0.145 e. The molecule has 7 aromatic carbocycles. The lowest BCUT2D eigenvalue weighted by Crippen LogP contribution is -2.00. The van der Waals surface area contributed by atoms with Crippen LogP contribution >= 0.6 is 0 Å². The van der Waals surface area contributed by atoms with Crippen LogP contribution in [-0.2, 0) is 0 Å². The Kier molecular flexibility index (Phi) is 6.32. The van der Waals surface area contributed by atoms with E-state index in [1.165, 1.54) is 16.3 Å². The van der Waals surface area contributed by atoms with Gasteiger partial charge in [-0.1, -0.05) is 96.6 Å². The maximum Gasteiger partial charge on any atom is 0.145 e. The fraction of sp³-hybridized carbons (Fsp3) is 0.0233. The van der Waals surface area contributed by atoms with Crippen LogP contribution in [-0.4, -0.2) is 19.1 Å². The van der Waals surface area contributed by atoms with E-state index in [1.807, 2.05) is 0 Å². The molecule has 0 aliphatic heterocycles. The molecule has 0 radical (unpaired) electrons. The Morgan fingerprint density at radius 1 is 0.383 bits per heavy atom. The van der Waals surface area contributed by atoms with Gasteiger partial charge in [-0.2, -0.15) is 0 Å². The third-order valence-electron chi connectivity index (χ3n) is 8.93. The van der Waals surface area contributed by atoms with Crippen molar-refractivity contribution in [2.24, 2.45) is 0 Å². The van der Waals surface area contributed by atoms with Crippen molar-refractivity contribution < 1.29 is 0 Å². The molecule has 0 fully saturated rings. The van der Waals surface area contributed by atoms with E-state index in [0.717, 1.165) is 67.3 Å². The molecule has 0 spiro atoms. The van der Waals surface area contributed by atoms with Gasteiger partial charge in [0.2, 0.25) is 0 Å². The molecule has 2 heterocycles. The second kappa shape index (κ2) is 11.0. The number of hydrogen-bond acceptors (Lipinski definition) is 2. The summed E-state index contributed by atoms with van der Waals surface area (Å²) in [4.78, 5) is 10.5. The van der Waals surface area contributed by atoms with E-state index in [4.69, 9.17) is 9.97 Å². The average molecular weight is 603 g/mol. The van der Waals surface area contributed by atoms with Gasteiger partial charge in [-0.15, -0.1) is 0 Å². The first kappa shape index (κ1) is 27.1. The molecule has 222 valence electrons. The maximum absolute atomic E-state index is 5.25. The van der Waals surface area contributed by atoms with Gasteiger partial charge in [0.15, 0.2) is 0 Å². The van der Waals surface area contributed by atoms with Crippen LogP contribution in [0.4, 0.5) is 0 Å². The highest BCUT2D eigenvalue weighted by atomic mass is 15.1. The van der Waals surface area contributed by atoms with Gasteiger partial charge in [0.05, 0.1) is 22.1 Å². The van der Waals surface area contributed by atoms with Gasteiger partial charge >= 0.3 is 0 Å². The van der Waals surface area contributed by atoms with Crippen LogP contribution in [0.3, 0.4) is 0 Å². The van der Waals surface area contributed by atoms with Crippen molar-refractivity contribution in [1.82, 2.24) is 19.1 Å². The zero-order valence-corrected chi connectivity index (χ0v) is 25.9. The van der Waals surface area contributed by atoms with Crippen molar-refractivity contribution in [3.05, 3.63) is 169 Å². The molecule has 0 aliphatic carbocycles. The second-order valence-electron chi connectivity index (χ2n) is 12.1. The Morgan fingerprint density at radius 2 is 0.851 bits per heavy atom. The van der Waals surface area contributed by atoms with Gasteiger partial charge in [0.25, 0.3) is 0 Å². The van der Waals surface area contributed by atoms with E-state index in [-0.39, 0.29) is 0 Å². The van der Waals surface area contributed by atoms with E-state index >= 15 is 0 Å². The Hall–Kier alpha value is -6.26. The minimum atomic E-state index is 0.888. The molecule has 0 saturated heterocycles.